The van der Waals surface area contributed by atoms with Crippen molar-refractivity contribution in [3.63, 3.8) is 0 Å². The first kappa shape index (κ1) is 17.6. The number of hydrogen-bond acceptors (Lipinski definition) is 6. The predicted octanol–water partition coefficient (Wildman–Crippen LogP) is 2.69. The fourth-order valence-electron chi connectivity index (χ4n) is 2.97. The van der Waals surface area contributed by atoms with Crippen LogP contribution in [-0.2, 0) is 0 Å². The average molecular weight is 359 g/mol. The summed E-state index contributed by atoms with van der Waals surface area (Å²) in [6.07, 6.45) is 3.74. The van der Waals surface area contributed by atoms with Crippen LogP contribution >= 0.6 is 11.6 Å². The largest absolute Gasteiger partial charge is 0.382 e. The number of halogens is 1. The smallest absolute Gasteiger partial charge is 0.154 e. The summed E-state index contributed by atoms with van der Waals surface area (Å²) >= 11 is 5.89. The van der Waals surface area contributed by atoms with E-state index in [2.05, 4.69) is 21.8 Å². The number of nitrogen functional groups attached to an aromatic ring is 1. The van der Waals surface area contributed by atoms with Crippen LogP contribution in [-0.4, -0.2) is 35.3 Å². The van der Waals surface area contributed by atoms with Crippen LogP contribution in [0.1, 0.15) is 31.0 Å². The summed E-state index contributed by atoms with van der Waals surface area (Å²) < 4.78 is 0. The minimum Gasteiger partial charge on any atom is -0.382 e. The van der Waals surface area contributed by atoms with Gasteiger partial charge in [-0.1, -0.05) is 30.7 Å². The van der Waals surface area contributed by atoms with E-state index in [1.165, 1.54) is 0 Å². The molecule has 0 atom stereocenters. The van der Waals surface area contributed by atoms with Crippen LogP contribution in [0.2, 0.25) is 5.02 Å². The normalized spacial score (nSPS) is 16.7. The molecule has 1 saturated heterocycles. The van der Waals surface area contributed by atoms with E-state index in [0.29, 0.717) is 22.8 Å². The Labute approximate surface area is 152 Å². The molecular weight excluding hydrogens is 336 g/mol. The SMILES string of the molecule is CC1(CN)CCN(c2cnc(C(=N)c3ccc(Cl)cc3)c(N)n2)CC1. The summed E-state index contributed by atoms with van der Waals surface area (Å²) in [5.41, 5.74) is 13.5. The van der Waals surface area contributed by atoms with Gasteiger partial charge in [-0.2, -0.15) is 0 Å². The zero-order valence-electron chi connectivity index (χ0n) is 14.3. The highest BCUT2D eigenvalue weighted by Crippen LogP contribution is 2.31. The van der Waals surface area contributed by atoms with E-state index in [-0.39, 0.29) is 16.9 Å². The lowest BCUT2D eigenvalue weighted by molar-refractivity contribution is 0.258. The van der Waals surface area contributed by atoms with Gasteiger partial charge in [0.2, 0.25) is 0 Å². The number of nitrogens with zero attached hydrogens (tertiary/aromatic N) is 3. The summed E-state index contributed by atoms with van der Waals surface area (Å²) in [6, 6.07) is 7.03. The highest BCUT2D eigenvalue weighted by atomic mass is 35.5. The molecule has 25 heavy (non-hydrogen) atoms. The van der Waals surface area contributed by atoms with Gasteiger partial charge in [0.05, 0.1) is 11.9 Å². The molecule has 1 fully saturated rings. The highest BCUT2D eigenvalue weighted by molar-refractivity contribution is 6.30. The third-order valence-corrected chi connectivity index (χ3v) is 5.20. The van der Waals surface area contributed by atoms with Gasteiger partial charge < -0.3 is 16.4 Å². The Morgan fingerprint density at radius 2 is 1.92 bits per heavy atom. The molecule has 0 spiro atoms. The van der Waals surface area contributed by atoms with Crippen molar-refractivity contribution in [3.8, 4) is 0 Å². The molecule has 1 aromatic carbocycles. The van der Waals surface area contributed by atoms with Crippen LogP contribution in [0.15, 0.2) is 30.5 Å². The maximum Gasteiger partial charge on any atom is 0.154 e. The molecule has 132 valence electrons. The summed E-state index contributed by atoms with van der Waals surface area (Å²) in [4.78, 5) is 11.1. The lowest BCUT2D eigenvalue weighted by atomic mass is 9.80. The molecule has 0 amide bonds. The number of anilines is 2. The Bertz CT molecular complexity index is 766. The summed E-state index contributed by atoms with van der Waals surface area (Å²) in [5, 5.41) is 8.95. The van der Waals surface area contributed by atoms with Gasteiger partial charge in [-0.25, -0.2) is 9.97 Å². The van der Waals surface area contributed by atoms with Crippen molar-refractivity contribution in [1.29, 1.82) is 5.41 Å². The summed E-state index contributed by atoms with van der Waals surface area (Å²) in [6.45, 7) is 4.69. The molecule has 1 aliphatic heterocycles. The van der Waals surface area contributed by atoms with E-state index in [4.69, 9.17) is 28.5 Å². The summed E-state index contributed by atoms with van der Waals surface area (Å²) in [5.74, 6) is 1.02. The molecule has 0 bridgehead atoms. The minimum absolute atomic E-state index is 0.201. The maximum atomic E-state index is 8.32. The Kier molecular flexibility index (Phi) is 4.92. The van der Waals surface area contributed by atoms with Crippen molar-refractivity contribution in [1.82, 2.24) is 9.97 Å². The minimum atomic E-state index is 0.201. The molecule has 1 aromatic heterocycles. The predicted molar refractivity (Wildman–Crippen MR) is 102 cm³/mol. The molecule has 2 heterocycles. The maximum absolute atomic E-state index is 8.32. The molecule has 6 nitrogen and oxygen atoms in total. The zero-order chi connectivity index (χ0) is 18.0. The average Bonchev–Trinajstić information content (AvgIpc) is 2.62. The van der Waals surface area contributed by atoms with Gasteiger partial charge in [0.25, 0.3) is 0 Å². The molecule has 5 N–H and O–H groups in total. The molecule has 7 heteroatoms. The monoisotopic (exact) mass is 358 g/mol. The van der Waals surface area contributed by atoms with Gasteiger partial charge >= 0.3 is 0 Å². The van der Waals surface area contributed by atoms with Crippen molar-refractivity contribution in [2.45, 2.75) is 19.8 Å². The summed E-state index contributed by atoms with van der Waals surface area (Å²) in [7, 11) is 0. The first-order valence-corrected chi connectivity index (χ1v) is 8.72. The van der Waals surface area contributed by atoms with E-state index in [1.54, 1.807) is 30.5 Å². The van der Waals surface area contributed by atoms with E-state index < -0.39 is 0 Å². The van der Waals surface area contributed by atoms with Crippen LogP contribution in [0.3, 0.4) is 0 Å². The van der Waals surface area contributed by atoms with E-state index in [1.807, 2.05) is 0 Å². The first-order chi connectivity index (χ1) is 11.9. The molecular formula is C18H23ClN6. The molecule has 0 radical (unpaired) electrons. The lowest BCUT2D eigenvalue weighted by Gasteiger charge is -2.39. The van der Waals surface area contributed by atoms with E-state index in [9.17, 15) is 0 Å². The van der Waals surface area contributed by atoms with Gasteiger partial charge in [-0.3, -0.25) is 5.41 Å². The second-order valence-corrected chi connectivity index (χ2v) is 7.28. The molecule has 2 aromatic rings. The van der Waals surface area contributed by atoms with Crippen molar-refractivity contribution in [3.05, 3.63) is 46.7 Å². The highest BCUT2D eigenvalue weighted by Gasteiger charge is 2.29. The Morgan fingerprint density at radius 3 is 2.48 bits per heavy atom. The van der Waals surface area contributed by atoms with E-state index >= 15 is 0 Å². The van der Waals surface area contributed by atoms with Crippen LogP contribution < -0.4 is 16.4 Å². The van der Waals surface area contributed by atoms with Crippen molar-refractivity contribution in [2.24, 2.45) is 11.1 Å². The number of piperidine rings is 1. The van der Waals surface area contributed by atoms with Gasteiger partial charge in [-0.15, -0.1) is 0 Å². The quantitative estimate of drug-likeness (QED) is 0.729. The zero-order valence-corrected chi connectivity index (χ0v) is 15.1. The van der Waals surface area contributed by atoms with Crippen LogP contribution in [0.25, 0.3) is 0 Å². The third-order valence-electron chi connectivity index (χ3n) is 4.94. The van der Waals surface area contributed by atoms with Crippen molar-refractivity contribution in [2.75, 3.05) is 30.3 Å². The number of rotatable bonds is 4. The number of nitrogens with one attached hydrogen (secondary N) is 1. The molecule has 1 aliphatic rings. The van der Waals surface area contributed by atoms with Gasteiger partial charge in [0.1, 0.15) is 11.5 Å². The van der Waals surface area contributed by atoms with Crippen LogP contribution in [0, 0.1) is 10.8 Å². The molecule has 0 unspecified atom stereocenters. The Hall–Kier alpha value is -2.18. The topological polar surface area (TPSA) is 105 Å². The number of aromatic nitrogens is 2. The van der Waals surface area contributed by atoms with Crippen LogP contribution in [0.4, 0.5) is 11.6 Å². The number of hydrogen-bond donors (Lipinski definition) is 3. The van der Waals surface area contributed by atoms with Gasteiger partial charge in [0.15, 0.2) is 5.82 Å². The van der Waals surface area contributed by atoms with E-state index in [0.717, 1.165) is 31.7 Å². The van der Waals surface area contributed by atoms with Crippen molar-refractivity contribution >= 4 is 28.9 Å². The fraction of sp³-hybridized carbons (Fsp3) is 0.389. The van der Waals surface area contributed by atoms with Crippen LogP contribution in [0.5, 0.6) is 0 Å². The lowest BCUT2D eigenvalue weighted by Crippen LogP contribution is -2.42. The Balaban J connectivity index is 1.77. The number of nitrogens with two attached hydrogens (primary N) is 2. The molecule has 0 saturated carbocycles. The second kappa shape index (κ2) is 6.98. The molecule has 3 rings (SSSR count). The first-order valence-electron chi connectivity index (χ1n) is 8.34. The van der Waals surface area contributed by atoms with Gasteiger partial charge in [0, 0.05) is 23.7 Å². The van der Waals surface area contributed by atoms with Crippen molar-refractivity contribution < 1.29 is 0 Å². The Morgan fingerprint density at radius 1 is 1.28 bits per heavy atom. The fourth-order valence-corrected chi connectivity index (χ4v) is 3.10. The number of benzene rings is 1. The van der Waals surface area contributed by atoms with Gasteiger partial charge in [-0.05, 0) is 36.9 Å². The second-order valence-electron chi connectivity index (χ2n) is 6.85. The third kappa shape index (κ3) is 3.75. The molecule has 0 aliphatic carbocycles. The standard InChI is InChI=1S/C18H23ClN6/c1-18(11-20)6-8-25(9-7-18)14-10-23-16(17(22)24-14)15(21)12-2-4-13(19)5-3-12/h2-5,10,21H,6-9,11,20H2,1H3,(H2,22,24).